The van der Waals surface area contributed by atoms with E-state index in [1.807, 2.05) is 0 Å². The molecule has 2 rings (SSSR count). The molecular formula is C44H82O4. The molecule has 0 N–H and O–H groups in total. The number of esters is 2. The summed E-state index contributed by atoms with van der Waals surface area (Å²) in [4.78, 5) is 27.6. The van der Waals surface area contributed by atoms with Gasteiger partial charge in [-0.25, -0.2) is 0 Å². The van der Waals surface area contributed by atoms with E-state index in [9.17, 15) is 9.59 Å². The van der Waals surface area contributed by atoms with Crippen LogP contribution in [0, 0.1) is 29.1 Å². The predicted molar refractivity (Wildman–Crippen MR) is 204 cm³/mol. The Hall–Kier alpha value is -1.06. The zero-order chi connectivity index (χ0) is 34.7. The van der Waals surface area contributed by atoms with Crippen LogP contribution < -0.4 is 0 Å². The molecule has 4 nitrogen and oxygen atoms in total. The van der Waals surface area contributed by atoms with Crippen LogP contribution in [0.15, 0.2) is 0 Å². The molecule has 0 aromatic carbocycles. The summed E-state index contributed by atoms with van der Waals surface area (Å²) < 4.78 is 11.9. The van der Waals surface area contributed by atoms with Gasteiger partial charge in [0.05, 0.1) is 13.2 Å². The van der Waals surface area contributed by atoms with Gasteiger partial charge < -0.3 is 9.47 Å². The molecular weight excluding hydrogens is 592 g/mol. The lowest BCUT2D eigenvalue weighted by atomic mass is 9.57. The van der Waals surface area contributed by atoms with Gasteiger partial charge in [-0.15, -0.1) is 0 Å². The van der Waals surface area contributed by atoms with Gasteiger partial charge in [-0.3, -0.25) is 9.59 Å². The summed E-state index contributed by atoms with van der Waals surface area (Å²) in [5.74, 6) is 1.72. The molecule has 2 saturated carbocycles. The average molecular weight is 675 g/mol. The molecule has 2 unspecified atom stereocenters. The quantitative estimate of drug-likeness (QED) is 0.0432. The van der Waals surface area contributed by atoms with E-state index in [1.165, 1.54) is 135 Å². The Morgan fingerprint density at radius 3 is 1.21 bits per heavy atom. The van der Waals surface area contributed by atoms with Gasteiger partial charge in [0.1, 0.15) is 0 Å². The lowest BCUT2D eigenvalue weighted by molar-refractivity contribution is -0.184. The Morgan fingerprint density at radius 1 is 0.479 bits per heavy atom. The average Bonchev–Trinajstić information content (AvgIpc) is 3.07. The normalized spacial score (nSPS) is 19.0. The van der Waals surface area contributed by atoms with Crippen molar-refractivity contribution in [1.82, 2.24) is 0 Å². The third kappa shape index (κ3) is 18.3. The van der Waals surface area contributed by atoms with Gasteiger partial charge in [0.25, 0.3) is 0 Å². The number of ether oxygens (including phenoxy) is 2. The number of fused-ring (bicyclic) bond motifs is 1. The highest BCUT2D eigenvalue weighted by Gasteiger charge is 2.58. The number of carbonyl (C=O) groups is 2. The van der Waals surface area contributed by atoms with E-state index in [2.05, 4.69) is 27.7 Å². The van der Waals surface area contributed by atoms with Crippen LogP contribution in [0.4, 0.5) is 0 Å². The monoisotopic (exact) mass is 675 g/mol. The second-order valence-electron chi connectivity index (χ2n) is 16.9. The summed E-state index contributed by atoms with van der Waals surface area (Å²) in [6.07, 6.45) is 38.1. The third-order valence-corrected chi connectivity index (χ3v) is 11.7. The van der Waals surface area contributed by atoms with E-state index >= 15 is 0 Å². The lowest BCUT2D eigenvalue weighted by Gasteiger charge is -2.46. The van der Waals surface area contributed by atoms with Crippen LogP contribution >= 0.6 is 0 Å². The molecule has 2 fully saturated rings. The topological polar surface area (TPSA) is 52.6 Å². The molecule has 282 valence electrons. The molecule has 0 aromatic rings. The molecule has 0 aliphatic heterocycles. The first-order valence-electron chi connectivity index (χ1n) is 21.7. The molecule has 0 amide bonds. The van der Waals surface area contributed by atoms with Crippen LogP contribution in [0.3, 0.4) is 0 Å². The molecule has 0 heterocycles. The van der Waals surface area contributed by atoms with E-state index in [0.29, 0.717) is 25.6 Å². The van der Waals surface area contributed by atoms with Crippen molar-refractivity contribution < 1.29 is 19.1 Å². The Morgan fingerprint density at radius 2 is 0.812 bits per heavy atom. The van der Waals surface area contributed by atoms with Gasteiger partial charge in [-0.1, -0.05) is 201 Å². The van der Waals surface area contributed by atoms with Gasteiger partial charge in [-0.05, 0) is 49.4 Å². The SMILES string of the molecule is CC(C)CCCCCCCCCCCCCOC(=O)C1(C(=O)OCCCCCCCCCCCCCC(C)C)CCCC2CCCCC21. The van der Waals surface area contributed by atoms with Gasteiger partial charge >= 0.3 is 11.9 Å². The van der Waals surface area contributed by atoms with E-state index in [4.69, 9.17) is 9.47 Å². The fourth-order valence-electron chi connectivity index (χ4n) is 8.70. The third-order valence-electron chi connectivity index (χ3n) is 11.7. The van der Waals surface area contributed by atoms with Crippen LogP contribution in [0.5, 0.6) is 0 Å². The first-order chi connectivity index (χ1) is 23.4. The van der Waals surface area contributed by atoms with Crippen molar-refractivity contribution >= 4 is 11.9 Å². The fourth-order valence-corrected chi connectivity index (χ4v) is 8.70. The number of hydrogen-bond acceptors (Lipinski definition) is 4. The summed E-state index contributed by atoms with van der Waals surface area (Å²) in [6, 6.07) is 0. The first kappa shape index (κ1) is 43.1. The highest BCUT2D eigenvalue weighted by atomic mass is 16.6. The molecule has 0 saturated heterocycles. The zero-order valence-electron chi connectivity index (χ0n) is 32.8. The Kier molecular flexibility index (Phi) is 24.8. The lowest BCUT2D eigenvalue weighted by Crippen LogP contribution is -2.53. The van der Waals surface area contributed by atoms with Crippen molar-refractivity contribution in [2.75, 3.05) is 13.2 Å². The molecule has 48 heavy (non-hydrogen) atoms. The minimum absolute atomic E-state index is 0.102. The molecule has 4 heteroatoms. The van der Waals surface area contributed by atoms with Crippen LogP contribution in [-0.4, -0.2) is 25.2 Å². The van der Waals surface area contributed by atoms with Crippen LogP contribution in [0.1, 0.15) is 227 Å². The number of hydrogen-bond donors (Lipinski definition) is 0. The maximum atomic E-state index is 13.8. The van der Waals surface area contributed by atoms with Crippen LogP contribution in [-0.2, 0) is 19.1 Å². The number of unbranched alkanes of at least 4 members (excludes halogenated alkanes) is 20. The maximum absolute atomic E-state index is 13.8. The minimum atomic E-state index is -1.06. The van der Waals surface area contributed by atoms with Crippen LogP contribution in [0.25, 0.3) is 0 Å². The molecule has 2 aliphatic carbocycles. The van der Waals surface area contributed by atoms with Crippen molar-refractivity contribution in [2.24, 2.45) is 29.1 Å². The van der Waals surface area contributed by atoms with Crippen molar-refractivity contribution in [3.05, 3.63) is 0 Å². The highest BCUT2D eigenvalue weighted by Crippen LogP contribution is 2.52. The highest BCUT2D eigenvalue weighted by molar-refractivity contribution is 6.00. The van der Waals surface area contributed by atoms with Gasteiger partial charge in [0.15, 0.2) is 5.41 Å². The largest absolute Gasteiger partial charge is 0.465 e. The summed E-state index contributed by atoms with van der Waals surface area (Å²) in [5, 5.41) is 0. The molecule has 2 atom stereocenters. The predicted octanol–water partition coefficient (Wildman–Crippen LogP) is 13.7. The summed E-state index contributed by atoms with van der Waals surface area (Å²) in [5.41, 5.74) is -1.06. The fraction of sp³-hybridized carbons (Fsp3) is 0.955. The first-order valence-corrected chi connectivity index (χ1v) is 21.7. The smallest absolute Gasteiger partial charge is 0.323 e. The molecule has 0 aromatic heterocycles. The molecule has 0 bridgehead atoms. The van der Waals surface area contributed by atoms with Gasteiger partial charge in [0.2, 0.25) is 0 Å². The summed E-state index contributed by atoms with van der Waals surface area (Å²) >= 11 is 0. The second kappa shape index (κ2) is 27.6. The standard InChI is InChI=1S/C44H82O4/c1-38(2)30-23-19-15-11-7-5-9-13-17-21-27-36-47-42(45)44(35-29-33-40-32-25-26-34-41(40)44)43(46)48-37-28-22-18-14-10-6-8-12-16-20-24-31-39(3)4/h38-41H,5-37H2,1-4H3. The van der Waals surface area contributed by atoms with Crippen molar-refractivity contribution in [3.8, 4) is 0 Å². The second-order valence-corrected chi connectivity index (χ2v) is 16.9. The van der Waals surface area contributed by atoms with E-state index < -0.39 is 5.41 Å². The van der Waals surface area contributed by atoms with E-state index in [0.717, 1.165) is 69.6 Å². The Bertz CT molecular complexity index is 739. The maximum Gasteiger partial charge on any atom is 0.323 e. The van der Waals surface area contributed by atoms with E-state index in [1.54, 1.807) is 0 Å². The Labute approximate surface area is 299 Å². The number of carbonyl (C=O) groups excluding carboxylic acids is 2. The van der Waals surface area contributed by atoms with Crippen molar-refractivity contribution in [3.63, 3.8) is 0 Å². The Balaban J connectivity index is 1.60. The zero-order valence-corrected chi connectivity index (χ0v) is 32.8. The number of rotatable bonds is 30. The molecule has 2 aliphatic rings. The van der Waals surface area contributed by atoms with Crippen LogP contribution in [0.2, 0.25) is 0 Å². The summed E-state index contributed by atoms with van der Waals surface area (Å²) in [6.45, 7) is 10.2. The minimum Gasteiger partial charge on any atom is -0.465 e. The van der Waals surface area contributed by atoms with Gasteiger partial charge in [0, 0.05) is 0 Å². The van der Waals surface area contributed by atoms with Gasteiger partial charge in [-0.2, -0.15) is 0 Å². The van der Waals surface area contributed by atoms with E-state index in [-0.39, 0.29) is 17.9 Å². The van der Waals surface area contributed by atoms with Crippen molar-refractivity contribution in [1.29, 1.82) is 0 Å². The molecule has 0 radical (unpaired) electrons. The molecule has 0 spiro atoms. The van der Waals surface area contributed by atoms with Crippen molar-refractivity contribution in [2.45, 2.75) is 227 Å². The summed E-state index contributed by atoms with van der Waals surface area (Å²) in [7, 11) is 0.